The minimum absolute atomic E-state index is 0.0263. The van der Waals surface area contributed by atoms with Gasteiger partial charge in [0, 0.05) is 5.69 Å². The molecule has 0 saturated carbocycles. The molecule has 2 aromatic carbocycles. The Kier molecular flexibility index (Phi) is 5.07. The molecule has 0 atom stereocenters. The van der Waals surface area contributed by atoms with Crippen molar-refractivity contribution in [3.8, 4) is 11.8 Å². The van der Waals surface area contributed by atoms with Crippen molar-refractivity contribution in [1.82, 2.24) is 9.78 Å². The zero-order chi connectivity index (χ0) is 20.5. The fourth-order valence-electron chi connectivity index (χ4n) is 2.48. The monoisotopic (exact) mass is 408 g/mol. The zero-order valence-corrected chi connectivity index (χ0v) is 14.5. The van der Waals surface area contributed by atoms with Gasteiger partial charge in [0.2, 0.25) is 0 Å². The number of nitriles is 1. The van der Waals surface area contributed by atoms with Crippen molar-refractivity contribution in [2.24, 2.45) is 0 Å². The second kappa shape index (κ2) is 7.32. The second-order valence-electron chi connectivity index (χ2n) is 5.53. The second-order valence-corrected chi connectivity index (χ2v) is 5.94. The van der Waals surface area contributed by atoms with Crippen LogP contribution in [0.5, 0.6) is 0 Å². The van der Waals surface area contributed by atoms with E-state index in [0.29, 0.717) is 10.9 Å². The first-order valence-electron chi connectivity index (χ1n) is 7.63. The summed E-state index contributed by atoms with van der Waals surface area (Å²) in [6.07, 6.45) is -4.27. The van der Waals surface area contributed by atoms with Gasteiger partial charge >= 0.3 is 6.18 Å². The van der Waals surface area contributed by atoms with Gasteiger partial charge in [-0.2, -0.15) is 23.5 Å². The van der Waals surface area contributed by atoms with Crippen LogP contribution in [0.25, 0.3) is 5.69 Å². The standard InChI is InChI=1S/C18H9ClF4N4O/c19-13-7-11(6-5-10(13)8-24)26-17(28)12-9-25-27(16(12)18(21,22)23)15-4-2-1-3-14(15)20/h1-7,9H,(H,26,28). The number of nitrogens with zero attached hydrogens (tertiary/aromatic N) is 3. The molecule has 0 saturated heterocycles. The molecule has 10 heteroatoms. The maximum absolute atomic E-state index is 13.9. The van der Waals surface area contributed by atoms with Gasteiger partial charge in [-0.25, -0.2) is 9.07 Å². The highest BCUT2D eigenvalue weighted by atomic mass is 35.5. The largest absolute Gasteiger partial charge is 0.434 e. The Morgan fingerprint density at radius 1 is 1.21 bits per heavy atom. The lowest BCUT2D eigenvalue weighted by Crippen LogP contribution is -2.21. The van der Waals surface area contributed by atoms with Gasteiger partial charge in [-0.3, -0.25) is 4.79 Å². The number of alkyl halides is 3. The number of aromatic nitrogens is 2. The summed E-state index contributed by atoms with van der Waals surface area (Å²) < 4.78 is 55.1. The number of nitrogens with one attached hydrogen (secondary N) is 1. The predicted molar refractivity (Wildman–Crippen MR) is 92.6 cm³/mol. The third kappa shape index (κ3) is 3.68. The summed E-state index contributed by atoms with van der Waals surface area (Å²) in [6, 6.07) is 10.4. The third-order valence-corrected chi connectivity index (χ3v) is 4.02. The highest BCUT2D eigenvalue weighted by Crippen LogP contribution is 2.34. The average Bonchev–Trinajstić information content (AvgIpc) is 3.08. The predicted octanol–water partition coefficient (Wildman–Crippen LogP) is 4.81. The van der Waals surface area contributed by atoms with Crippen LogP contribution in [0.4, 0.5) is 23.2 Å². The van der Waals surface area contributed by atoms with Crippen molar-refractivity contribution >= 4 is 23.2 Å². The van der Waals surface area contributed by atoms with E-state index < -0.39 is 34.8 Å². The fraction of sp³-hybridized carbons (Fsp3) is 0.0556. The van der Waals surface area contributed by atoms with Crippen molar-refractivity contribution in [3.05, 3.63) is 76.3 Å². The first kappa shape index (κ1) is 19.4. The Morgan fingerprint density at radius 3 is 2.54 bits per heavy atom. The van der Waals surface area contributed by atoms with Gasteiger partial charge in [0.15, 0.2) is 5.69 Å². The van der Waals surface area contributed by atoms with E-state index in [1.807, 2.05) is 6.07 Å². The first-order chi connectivity index (χ1) is 13.2. The minimum Gasteiger partial charge on any atom is -0.322 e. The van der Waals surface area contributed by atoms with Gasteiger partial charge in [-0.1, -0.05) is 23.7 Å². The molecule has 0 aliphatic rings. The minimum atomic E-state index is -4.98. The number of hydrogen-bond acceptors (Lipinski definition) is 3. The quantitative estimate of drug-likeness (QED) is 0.632. The van der Waals surface area contributed by atoms with Crippen LogP contribution >= 0.6 is 11.6 Å². The number of halogens is 5. The molecule has 1 amide bonds. The molecule has 142 valence electrons. The molecule has 0 fully saturated rings. The summed E-state index contributed by atoms with van der Waals surface area (Å²) in [7, 11) is 0. The Balaban J connectivity index is 2.03. The van der Waals surface area contributed by atoms with E-state index in [-0.39, 0.29) is 16.3 Å². The van der Waals surface area contributed by atoms with Gasteiger partial charge in [-0.05, 0) is 30.3 Å². The zero-order valence-electron chi connectivity index (χ0n) is 13.8. The Morgan fingerprint density at radius 2 is 1.93 bits per heavy atom. The maximum Gasteiger partial charge on any atom is 0.434 e. The molecule has 1 aromatic heterocycles. The molecule has 0 unspecified atom stereocenters. The molecule has 0 bridgehead atoms. The molecule has 28 heavy (non-hydrogen) atoms. The van der Waals surface area contributed by atoms with Crippen LogP contribution in [0.1, 0.15) is 21.6 Å². The highest BCUT2D eigenvalue weighted by Gasteiger charge is 2.41. The Hall–Kier alpha value is -3.38. The summed E-state index contributed by atoms with van der Waals surface area (Å²) in [4.78, 5) is 12.4. The first-order valence-corrected chi connectivity index (χ1v) is 8.01. The van der Waals surface area contributed by atoms with E-state index >= 15 is 0 Å². The molecule has 0 aliphatic heterocycles. The van der Waals surface area contributed by atoms with Crippen molar-refractivity contribution in [1.29, 1.82) is 5.26 Å². The van der Waals surface area contributed by atoms with E-state index in [1.54, 1.807) is 0 Å². The average molecular weight is 409 g/mol. The van der Waals surface area contributed by atoms with E-state index in [1.165, 1.54) is 30.3 Å². The fourth-order valence-corrected chi connectivity index (χ4v) is 2.70. The number of rotatable bonds is 3. The molecule has 0 radical (unpaired) electrons. The van der Waals surface area contributed by atoms with Crippen LogP contribution in [0.3, 0.4) is 0 Å². The summed E-state index contributed by atoms with van der Waals surface area (Å²) >= 11 is 5.85. The summed E-state index contributed by atoms with van der Waals surface area (Å²) in [5.41, 5.74) is -2.44. The maximum atomic E-state index is 13.9. The SMILES string of the molecule is N#Cc1ccc(NC(=O)c2cnn(-c3ccccc3F)c2C(F)(F)F)cc1Cl. The van der Waals surface area contributed by atoms with E-state index in [2.05, 4.69) is 10.4 Å². The number of carbonyl (C=O) groups is 1. The molecular weight excluding hydrogens is 400 g/mol. The van der Waals surface area contributed by atoms with E-state index in [4.69, 9.17) is 16.9 Å². The topological polar surface area (TPSA) is 70.7 Å². The van der Waals surface area contributed by atoms with E-state index in [9.17, 15) is 22.4 Å². The van der Waals surface area contributed by atoms with Crippen LogP contribution in [0.2, 0.25) is 5.02 Å². The molecule has 1 N–H and O–H groups in total. The number of anilines is 1. The number of carbonyl (C=O) groups excluding carboxylic acids is 1. The summed E-state index contributed by atoms with van der Waals surface area (Å²) in [6.45, 7) is 0. The lowest BCUT2D eigenvalue weighted by atomic mass is 10.2. The molecule has 5 nitrogen and oxygen atoms in total. The van der Waals surface area contributed by atoms with Crippen LogP contribution < -0.4 is 5.32 Å². The molecule has 1 heterocycles. The van der Waals surface area contributed by atoms with Crippen LogP contribution in [-0.4, -0.2) is 15.7 Å². The van der Waals surface area contributed by atoms with Gasteiger partial charge in [0.1, 0.15) is 17.6 Å². The van der Waals surface area contributed by atoms with Crippen molar-refractivity contribution < 1.29 is 22.4 Å². The Labute approximate surface area is 160 Å². The normalized spacial score (nSPS) is 11.1. The van der Waals surface area contributed by atoms with Gasteiger partial charge in [-0.15, -0.1) is 0 Å². The summed E-state index contributed by atoms with van der Waals surface area (Å²) in [5.74, 6) is -2.04. The summed E-state index contributed by atoms with van der Waals surface area (Å²) in [5, 5.41) is 14.7. The van der Waals surface area contributed by atoms with Crippen molar-refractivity contribution in [2.75, 3.05) is 5.32 Å². The lowest BCUT2D eigenvalue weighted by Gasteiger charge is -2.13. The molecule has 3 rings (SSSR count). The van der Waals surface area contributed by atoms with Crippen LogP contribution in [-0.2, 0) is 6.18 Å². The van der Waals surface area contributed by atoms with Crippen LogP contribution in [0.15, 0.2) is 48.7 Å². The van der Waals surface area contributed by atoms with Crippen molar-refractivity contribution in [2.45, 2.75) is 6.18 Å². The highest BCUT2D eigenvalue weighted by molar-refractivity contribution is 6.32. The number of amides is 1. The number of hydrogen-bond donors (Lipinski definition) is 1. The van der Waals surface area contributed by atoms with E-state index in [0.717, 1.165) is 12.1 Å². The molecule has 3 aromatic rings. The van der Waals surface area contributed by atoms with Crippen molar-refractivity contribution in [3.63, 3.8) is 0 Å². The Bertz CT molecular complexity index is 1100. The lowest BCUT2D eigenvalue weighted by molar-refractivity contribution is -0.143. The van der Waals surface area contributed by atoms with Crippen LogP contribution in [0, 0.1) is 17.1 Å². The molecule has 0 spiro atoms. The van der Waals surface area contributed by atoms with Gasteiger partial charge < -0.3 is 5.32 Å². The van der Waals surface area contributed by atoms with Gasteiger partial charge in [0.25, 0.3) is 5.91 Å². The molecular formula is C18H9ClF4N4O. The number of benzene rings is 2. The smallest absolute Gasteiger partial charge is 0.322 e. The van der Waals surface area contributed by atoms with Gasteiger partial charge in [0.05, 0.1) is 22.3 Å². The number of para-hydroxylation sites is 1. The molecule has 0 aliphatic carbocycles. The third-order valence-electron chi connectivity index (χ3n) is 3.71.